The molecule has 0 spiro atoms. The largest absolute Gasteiger partial charge is 0.383 e. The van der Waals surface area contributed by atoms with Gasteiger partial charge in [0, 0.05) is 19.7 Å². The van der Waals surface area contributed by atoms with Gasteiger partial charge >= 0.3 is 0 Å². The number of anilines is 1. The Balaban J connectivity index is 2.51. The lowest BCUT2D eigenvalue weighted by Crippen LogP contribution is -2.30. The van der Waals surface area contributed by atoms with Crippen LogP contribution in [-0.2, 0) is 9.53 Å². The second-order valence-electron chi connectivity index (χ2n) is 3.49. The Morgan fingerprint density at radius 2 is 2.17 bits per heavy atom. The first kappa shape index (κ1) is 14.1. The van der Waals surface area contributed by atoms with Gasteiger partial charge in [-0.3, -0.25) is 14.9 Å². The Hall–Kier alpha value is -1.99. The zero-order valence-electron chi connectivity index (χ0n) is 10.0. The number of nitrogens with zero attached hydrogens (tertiary/aromatic N) is 1. The lowest BCUT2D eigenvalue weighted by atomic mass is 10.2. The predicted molar refractivity (Wildman–Crippen MR) is 66.5 cm³/mol. The standard InChI is InChI=1S/C11H15N3O4/c1-18-7-6-12-8-11(15)13-9-4-2-3-5-10(9)14(16)17/h2-5,12H,6-8H2,1H3,(H,13,15). The van der Waals surface area contributed by atoms with Gasteiger partial charge in [-0.15, -0.1) is 0 Å². The van der Waals surface area contributed by atoms with Crippen molar-refractivity contribution in [2.24, 2.45) is 0 Å². The summed E-state index contributed by atoms with van der Waals surface area (Å²) < 4.78 is 4.81. The Kier molecular flexibility index (Phi) is 5.75. The number of ether oxygens (including phenoxy) is 1. The van der Waals surface area contributed by atoms with E-state index in [2.05, 4.69) is 10.6 Å². The highest BCUT2D eigenvalue weighted by Gasteiger charge is 2.14. The highest BCUT2D eigenvalue weighted by Crippen LogP contribution is 2.22. The zero-order valence-corrected chi connectivity index (χ0v) is 10.0. The first-order chi connectivity index (χ1) is 8.65. The van der Waals surface area contributed by atoms with E-state index in [0.29, 0.717) is 13.2 Å². The molecule has 0 aliphatic rings. The maximum atomic E-state index is 11.5. The molecule has 1 amide bonds. The van der Waals surface area contributed by atoms with E-state index in [1.807, 2.05) is 0 Å². The smallest absolute Gasteiger partial charge is 0.292 e. The van der Waals surface area contributed by atoms with Crippen LogP contribution in [0.2, 0.25) is 0 Å². The summed E-state index contributed by atoms with van der Waals surface area (Å²) in [5.41, 5.74) is 0.0729. The van der Waals surface area contributed by atoms with E-state index in [9.17, 15) is 14.9 Å². The van der Waals surface area contributed by atoms with Crippen molar-refractivity contribution in [2.75, 3.05) is 32.1 Å². The maximum absolute atomic E-state index is 11.5. The van der Waals surface area contributed by atoms with E-state index in [1.165, 1.54) is 12.1 Å². The highest BCUT2D eigenvalue weighted by molar-refractivity contribution is 5.94. The van der Waals surface area contributed by atoms with Gasteiger partial charge < -0.3 is 15.4 Å². The first-order valence-electron chi connectivity index (χ1n) is 5.38. The molecular formula is C11H15N3O4. The topological polar surface area (TPSA) is 93.5 Å². The van der Waals surface area contributed by atoms with Gasteiger partial charge in [0.15, 0.2) is 0 Å². The molecular weight excluding hydrogens is 238 g/mol. The van der Waals surface area contributed by atoms with Gasteiger partial charge in [0.2, 0.25) is 5.91 Å². The van der Waals surface area contributed by atoms with E-state index < -0.39 is 4.92 Å². The normalized spacial score (nSPS) is 10.1. The lowest BCUT2D eigenvalue weighted by Gasteiger charge is -2.06. The molecule has 0 aliphatic carbocycles. The minimum absolute atomic E-state index is 0.0788. The molecule has 0 saturated carbocycles. The molecule has 18 heavy (non-hydrogen) atoms. The number of hydrogen-bond donors (Lipinski definition) is 2. The van der Waals surface area contributed by atoms with Crippen molar-refractivity contribution in [3.8, 4) is 0 Å². The number of nitrogens with one attached hydrogen (secondary N) is 2. The van der Waals surface area contributed by atoms with E-state index >= 15 is 0 Å². The summed E-state index contributed by atoms with van der Waals surface area (Å²) in [6, 6.07) is 6.00. The summed E-state index contributed by atoms with van der Waals surface area (Å²) in [6.07, 6.45) is 0. The molecule has 0 atom stereocenters. The van der Waals surface area contributed by atoms with Crippen LogP contribution in [0.1, 0.15) is 0 Å². The molecule has 0 radical (unpaired) electrons. The molecule has 0 aliphatic heterocycles. The molecule has 0 saturated heterocycles. The van der Waals surface area contributed by atoms with Gasteiger partial charge in [-0.05, 0) is 6.07 Å². The van der Waals surface area contributed by atoms with Crippen molar-refractivity contribution in [1.82, 2.24) is 5.32 Å². The molecule has 0 fully saturated rings. The minimum atomic E-state index is -0.534. The van der Waals surface area contributed by atoms with Crippen molar-refractivity contribution < 1.29 is 14.5 Å². The average molecular weight is 253 g/mol. The van der Waals surface area contributed by atoms with Crippen LogP contribution in [0, 0.1) is 10.1 Å². The van der Waals surface area contributed by atoms with Crippen molar-refractivity contribution in [2.45, 2.75) is 0 Å². The third-order valence-electron chi connectivity index (χ3n) is 2.14. The molecule has 7 nitrogen and oxygen atoms in total. The number of methoxy groups -OCH3 is 1. The van der Waals surface area contributed by atoms with Crippen molar-refractivity contribution >= 4 is 17.3 Å². The van der Waals surface area contributed by atoms with Gasteiger partial charge in [-0.2, -0.15) is 0 Å². The SMILES string of the molecule is COCCNCC(=O)Nc1ccccc1[N+](=O)[O-]. The molecule has 0 unspecified atom stereocenters. The van der Waals surface area contributed by atoms with E-state index in [-0.39, 0.29) is 23.8 Å². The fraction of sp³-hybridized carbons (Fsp3) is 0.364. The number of carbonyl (C=O) groups is 1. The minimum Gasteiger partial charge on any atom is -0.383 e. The van der Waals surface area contributed by atoms with Crippen LogP contribution >= 0.6 is 0 Å². The average Bonchev–Trinajstić information content (AvgIpc) is 2.35. The Morgan fingerprint density at radius 1 is 1.44 bits per heavy atom. The molecule has 1 aromatic rings. The fourth-order valence-corrected chi connectivity index (χ4v) is 1.31. The van der Waals surface area contributed by atoms with Crippen LogP contribution in [0.15, 0.2) is 24.3 Å². The van der Waals surface area contributed by atoms with Crippen LogP contribution in [0.25, 0.3) is 0 Å². The van der Waals surface area contributed by atoms with Crippen molar-refractivity contribution in [3.05, 3.63) is 34.4 Å². The van der Waals surface area contributed by atoms with Crippen LogP contribution < -0.4 is 10.6 Å². The number of amides is 1. The van der Waals surface area contributed by atoms with Crippen LogP contribution in [0.4, 0.5) is 11.4 Å². The summed E-state index contributed by atoms with van der Waals surface area (Å²) >= 11 is 0. The molecule has 7 heteroatoms. The second kappa shape index (κ2) is 7.36. The van der Waals surface area contributed by atoms with Crippen LogP contribution in [0.5, 0.6) is 0 Å². The third-order valence-corrected chi connectivity index (χ3v) is 2.14. The summed E-state index contributed by atoms with van der Waals surface area (Å²) in [5.74, 6) is -0.333. The summed E-state index contributed by atoms with van der Waals surface area (Å²) in [6.45, 7) is 1.12. The lowest BCUT2D eigenvalue weighted by molar-refractivity contribution is -0.383. The summed E-state index contributed by atoms with van der Waals surface area (Å²) in [7, 11) is 1.56. The number of carbonyl (C=O) groups excluding carboxylic acids is 1. The quantitative estimate of drug-likeness (QED) is 0.425. The molecule has 2 N–H and O–H groups in total. The van der Waals surface area contributed by atoms with E-state index in [4.69, 9.17) is 4.74 Å². The molecule has 98 valence electrons. The van der Waals surface area contributed by atoms with Gasteiger partial charge in [-0.1, -0.05) is 12.1 Å². The van der Waals surface area contributed by atoms with E-state index in [0.717, 1.165) is 0 Å². The predicted octanol–water partition coefficient (Wildman–Crippen LogP) is 0.769. The van der Waals surface area contributed by atoms with Crippen molar-refractivity contribution in [1.29, 1.82) is 0 Å². The molecule has 0 heterocycles. The first-order valence-corrected chi connectivity index (χ1v) is 5.38. The van der Waals surface area contributed by atoms with Gasteiger partial charge in [0.05, 0.1) is 18.1 Å². The molecule has 0 aromatic heterocycles. The number of hydrogen-bond acceptors (Lipinski definition) is 5. The molecule has 0 bridgehead atoms. The number of nitro benzene ring substituents is 1. The fourth-order valence-electron chi connectivity index (χ4n) is 1.31. The molecule has 1 aromatic carbocycles. The summed E-state index contributed by atoms with van der Waals surface area (Å²) in [4.78, 5) is 21.7. The van der Waals surface area contributed by atoms with Crippen molar-refractivity contribution in [3.63, 3.8) is 0 Å². The number of nitro groups is 1. The maximum Gasteiger partial charge on any atom is 0.292 e. The Morgan fingerprint density at radius 3 is 2.83 bits per heavy atom. The van der Waals surface area contributed by atoms with Crippen LogP contribution in [-0.4, -0.2) is 37.6 Å². The second-order valence-corrected chi connectivity index (χ2v) is 3.49. The highest BCUT2D eigenvalue weighted by atomic mass is 16.6. The number of benzene rings is 1. The monoisotopic (exact) mass is 253 g/mol. The number of rotatable bonds is 7. The van der Waals surface area contributed by atoms with Gasteiger partial charge in [-0.25, -0.2) is 0 Å². The summed E-state index contributed by atoms with van der Waals surface area (Å²) in [5, 5.41) is 16.1. The molecule has 1 rings (SSSR count). The van der Waals surface area contributed by atoms with E-state index in [1.54, 1.807) is 19.2 Å². The van der Waals surface area contributed by atoms with Gasteiger partial charge in [0.25, 0.3) is 5.69 Å². The number of para-hydroxylation sites is 2. The zero-order chi connectivity index (χ0) is 13.4. The Bertz CT molecular complexity index is 423. The third kappa shape index (κ3) is 4.48. The van der Waals surface area contributed by atoms with Crippen LogP contribution in [0.3, 0.4) is 0 Å². The van der Waals surface area contributed by atoms with Gasteiger partial charge in [0.1, 0.15) is 5.69 Å². The Labute approximate surface area is 104 Å².